The minimum Gasteiger partial charge on any atom is -0.384 e. The molecule has 3 fully saturated rings. The minimum atomic E-state index is -4.56. The van der Waals surface area contributed by atoms with Crippen LogP contribution in [0.1, 0.15) is 88.9 Å². The predicted octanol–water partition coefficient (Wildman–Crippen LogP) is 2.55. The van der Waals surface area contributed by atoms with Gasteiger partial charge in [-0.15, -0.1) is 5.10 Å². The molecule has 1 aliphatic carbocycles. The number of hydrogen-bond donors (Lipinski definition) is 5. The number of urea groups is 1. The van der Waals surface area contributed by atoms with E-state index in [1.807, 2.05) is 0 Å². The Bertz CT molecular complexity index is 1630. The van der Waals surface area contributed by atoms with Gasteiger partial charge < -0.3 is 36.4 Å². The van der Waals surface area contributed by atoms with Crippen molar-refractivity contribution in [2.24, 2.45) is 11.7 Å². The van der Waals surface area contributed by atoms with E-state index >= 15 is 0 Å². The molecule has 0 radical (unpaired) electrons. The Labute approximate surface area is 298 Å². The number of aromatic nitrogens is 3. The van der Waals surface area contributed by atoms with Crippen LogP contribution in [0, 0.1) is 5.92 Å². The molecule has 2 unspecified atom stereocenters. The van der Waals surface area contributed by atoms with Crippen molar-refractivity contribution >= 4 is 35.2 Å². The van der Waals surface area contributed by atoms with Gasteiger partial charge in [0.25, 0.3) is 5.91 Å². The molecule has 15 nitrogen and oxygen atoms in total. The van der Waals surface area contributed by atoms with Gasteiger partial charge in [-0.2, -0.15) is 13.2 Å². The highest BCUT2D eigenvalue weighted by Gasteiger charge is 2.49. The van der Waals surface area contributed by atoms with Crippen LogP contribution in [0.25, 0.3) is 0 Å². The van der Waals surface area contributed by atoms with Gasteiger partial charge in [0.1, 0.15) is 23.2 Å². The summed E-state index contributed by atoms with van der Waals surface area (Å²) in [4.78, 5) is 68.5. The van der Waals surface area contributed by atoms with Crippen LogP contribution < -0.4 is 21.7 Å². The molecule has 2 aliphatic heterocycles. The van der Waals surface area contributed by atoms with E-state index in [2.05, 4.69) is 26.3 Å². The molecule has 3 heterocycles. The molecule has 52 heavy (non-hydrogen) atoms. The number of likely N-dealkylation sites (tertiary alicyclic amines) is 1. The molecule has 5 rings (SSSR count). The fourth-order valence-corrected chi connectivity index (χ4v) is 7.36. The Hall–Kier alpha value is -4.58. The maximum absolute atomic E-state index is 14.6. The lowest BCUT2D eigenvalue weighted by molar-refractivity contribution is -0.147. The zero-order valence-corrected chi connectivity index (χ0v) is 29.1. The number of carbonyl (C=O) groups is 5. The number of hydrogen-bond acceptors (Lipinski definition) is 9. The Kier molecular flexibility index (Phi) is 11.6. The summed E-state index contributed by atoms with van der Waals surface area (Å²) in [7, 11) is 0. The van der Waals surface area contributed by atoms with Crippen LogP contribution >= 0.6 is 0 Å². The highest BCUT2D eigenvalue weighted by molar-refractivity contribution is 6.39. The lowest BCUT2D eigenvalue weighted by Gasteiger charge is -2.37. The minimum absolute atomic E-state index is 0.0186. The highest BCUT2D eigenvalue weighted by atomic mass is 19.4. The normalized spacial score (nSPS) is 21.6. The summed E-state index contributed by atoms with van der Waals surface area (Å²) in [6.07, 6.45) is 1.51. The van der Waals surface area contributed by atoms with Gasteiger partial charge in [0.2, 0.25) is 17.6 Å². The molecule has 1 aromatic carbocycles. The van der Waals surface area contributed by atoms with Gasteiger partial charge in [0.15, 0.2) is 0 Å². The van der Waals surface area contributed by atoms with Crippen LogP contribution in [0.3, 0.4) is 0 Å². The van der Waals surface area contributed by atoms with Crippen molar-refractivity contribution < 1.29 is 47.0 Å². The van der Waals surface area contributed by atoms with E-state index < -0.39 is 70.5 Å². The van der Waals surface area contributed by atoms with E-state index in [0.29, 0.717) is 5.69 Å². The number of ketones is 1. The van der Waals surface area contributed by atoms with E-state index in [0.717, 1.165) is 56.4 Å². The van der Waals surface area contributed by atoms with Gasteiger partial charge in [0.05, 0.1) is 23.5 Å². The molecule has 6 N–H and O–H groups in total. The van der Waals surface area contributed by atoms with Gasteiger partial charge in [0, 0.05) is 44.7 Å². The van der Waals surface area contributed by atoms with Crippen LogP contribution in [-0.4, -0.2) is 91.9 Å². The van der Waals surface area contributed by atoms with Crippen molar-refractivity contribution in [3.05, 3.63) is 41.7 Å². The topological polar surface area (TPSA) is 211 Å². The third-order valence-corrected chi connectivity index (χ3v) is 10.1. The number of benzene rings is 1. The fourth-order valence-electron chi connectivity index (χ4n) is 7.36. The van der Waals surface area contributed by atoms with Gasteiger partial charge in [-0.25, -0.2) is 9.48 Å². The smallest absolute Gasteiger partial charge is 0.384 e. The maximum atomic E-state index is 14.6. The zero-order valence-electron chi connectivity index (χ0n) is 29.1. The molecule has 0 spiro atoms. The first-order chi connectivity index (χ1) is 24.5. The van der Waals surface area contributed by atoms with Crippen LogP contribution in [-0.2, 0) is 35.7 Å². The maximum Gasteiger partial charge on any atom is 0.416 e. The van der Waals surface area contributed by atoms with Crippen molar-refractivity contribution in [1.82, 2.24) is 30.5 Å². The summed E-state index contributed by atoms with van der Waals surface area (Å²) in [5, 5.41) is 26.8. The van der Waals surface area contributed by atoms with Crippen molar-refractivity contribution in [1.29, 1.82) is 0 Å². The van der Waals surface area contributed by atoms with Crippen molar-refractivity contribution in [3.63, 3.8) is 0 Å². The van der Waals surface area contributed by atoms with Crippen molar-refractivity contribution in [2.45, 2.75) is 107 Å². The van der Waals surface area contributed by atoms with Crippen LogP contribution in [0.4, 0.5) is 23.7 Å². The first-order valence-corrected chi connectivity index (χ1v) is 17.4. The van der Waals surface area contributed by atoms with Gasteiger partial charge in [-0.3, -0.25) is 19.2 Å². The van der Waals surface area contributed by atoms with E-state index in [1.165, 1.54) is 29.6 Å². The monoisotopic (exact) mass is 734 g/mol. The SMILES string of the molecule is CC(C)(O)c1cnnn1C1CC(C(=O)NC2(C(=O)C(N)=O)CCOCC2)N(C(=O)[C@@H](CC2CCCCC2)NC(=O)Nc2ccc(C(F)(F)F)cc2)C1. The van der Waals surface area contributed by atoms with Gasteiger partial charge in [-0.05, 0) is 50.5 Å². The number of halogens is 3. The summed E-state index contributed by atoms with van der Waals surface area (Å²) in [6, 6.07) is -0.0158. The molecular formula is C34H45F3N8O7. The molecule has 5 amide bonds. The Morgan fingerprint density at radius 3 is 2.31 bits per heavy atom. The first kappa shape index (κ1) is 38.6. The summed E-state index contributed by atoms with van der Waals surface area (Å²) < 4.78 is 46.1. The van der Waals surface area contributed by atoms with E-state index in [9.17, 15) is 42.3 Å². The molecule has 284 valence electrons. The number of nitrogens with two attached hydrogens (primary N) is 1. The van der Waals surface area contributed by atoms with Crippen LogP contribution in [0.5, 0.6) is 0 Å². The molecule has 1 aromatic heterocycles. The van der Waals surface area contributed by atoms with Crippen molar-refractivity contribution in [3.8, 4) is 0 Å². The predicted molar refractivity (Wildman–Crippen MR) is 178 cm³/mol. The number of aliphatic hydroxyl groups is 1. The summed E-state index contributed by atoms with van der Waals surface area (Å²) in [5.74, 6) is -3.50. The largest absolute Gasteiger partial charge is 0.416 e. The number of alkyl halides is 3. The number of ether oxygens (including phenoxy) is 1. The Morgan fingerprint density at radius 2 is 1.71 bits per heavy atom. The standard InChI is InChI=1S/C34H45F3N8O7/c1-32(2,51)26-18-39-43-45(26)23-17-25(29(48)42-33(27(46)28(38)47)12-14-52-15-13-33)44(19-23)30(49)24(16-20-6-4-3-5-7-20)41-31(50)40-22-10-8-21(9-11-22)34(35,36)37/h8-11,18,20,23-25,51H,3-7,12-17,19H2,1-2H3,(H2,38,47)(H,42,48)(H2,40,41,50)/t23?,24-,25?/m1/s1. The second-order valence-corrected chi connectivity index (χ2v) is 14.4. The van der Waals surface area contributed by atoms with Crippen LogP contribution in [0.2, 0.25) is 0 Å². The summed E-state index contributed by atoms with van der Waals surface area (Å²) in [5.41, 5.74) is 1.83. The van der Waals surface area contributed by atoms with E-state index in [1.54, 1.807) is 0 Å². The summed E-state index contributed by atoms with van der Waals surface area (Å²) in [6.45, 7) is 3.13. The third kappa shape index (κ3) is 8.89. The molecular weight excluding hydrogens is 689 g/mol. The zero-order chi connectivity index (χ0) is 37.8. The molecule has 1 saturated carbocycles. The number of amides is 5. The lowest BCUT2D eigenvalue weighted by atomic mass is 9.84. The average Bonchev–Trinajstić information content (AvgIpc) is 3.77. The second-order valence-electron chi connectivity index (χ2n) is 14.4. The van der Waals surface area contributed by atoms with Crippen molar-refractivity contribution in [2.75, 3.05) is 25.1 Å². The quantitative estimate of drug-likeness (QED) is 0.215. The molecule has 18 heteroatoms. The molecule has 2 aromatic rings. The second kappa shape index (κ2) is 15.6. The van der Waals surface area contributed by atoms with Gasteiger partial charge in [-0.1, -0.05) is 37.3 Å². The third-order valence-electron chi connectivity index (χ3n) is 10.1. The number of Topliss-reactive ketones (excluding diaryl/α,β-unsaturated/α-hetero) is 1. The number of primary amides is 1. The highest BCUT2D eigenvalue weighted by Crippen LogP contribution is 2.35. The fraction of sp³-hybridized carbons (Fsp3) is 0.618. The molecule has 3 aliphatic rings. The average molecular weight is 735 g/mol. The number of rotatable bonds is 11. The Morgan fingerprint density at radius 1 is 1.06 bits per heavy atom. The lowest BCUT2D eigenvalue weighted by Crippen LogP contribution is -2.64. The van der Waals surface area contributed by atoms with Gasteiger partial charge >= 0.3 is 12.2 Å². The molecule has 0 bridgehead atoms. The van der Waals surface area contributed by atoms with Crippen LogP contribution in [0.15, 0.2) is 30.5 Å². The van der Waals surface area contributed by atoms with E-state index in [4.69, 9.17) is 10.5 Å². The molecule has 2 saturated heterocycles. The first-order valence-electron chi connectivity index (χ1n) is 17.4. The number of nitrogens with one attached hydrogen (secondary N) is 3. The number of anilines is 1. The van der Waals surface area contributed by atoms with E-state index in [-0.39, 0.29) is 57.0 Å². The number of carbonyl (C=O) groups excluding carboxylic acids is 5. The summed E-state index contributed by atoms with van der Waals surface area (Å²) >= 11 is 0. The molecule has 3 atom stereocenters. The number of nitrogens with zero attached hydrogens (tertiary/aromatic N) is 4. The Balaban J connectivity index is 1.44.